The topological polar surface area (TPSA) is 121 Å². The lowest BCUT2D eigenvalue weighted by Crippen LogP contribution is -2.29. The Kier molecular flexibility index (Phi) is 5.34. The second-order valence-electron chi connectivity index (χ2n) is 5.61. The number of hydrogen-bond acceptors (Lipinski definition) is 6. The molecule has 132 valence electrons. The summed E-state index contributed by atoms with van der Waals surface area (Å²) >= 11 is 6.27. The van der Waals surface area contributed by atoms with Gasteiger partial charge in [0.25, 0.3) is 5.91 Å². The summed E-state index contributed by atoms with van der Waals surface area (Å²) in [5.74, 6) is -1.39. The third-order valence-electron chi connectivity index (χ3n) is 3.70. The molecule has 1 aromatic rings. The Balaban J connectivity index is 2.16. The van der Waals surface area contributed by atoms with Crippen molar-refractivity contribution in [1.29, 1.82) is 0 Å². The van der Waals surface area contributed by atoms with Crippen molar-refractivity contribution in [3.05, 3.63) is 22.5 Å². The minimum atomic E-state index is -3.07. The molecule has 0 bridgehead atoms. The number of aryl methyl sites for hydroxylation is 1. The molecule has 24 heavy (non-hydrogen) atoms. The summed E-state index contributed by atoms with van der Waals surface area (Å²) in [6, 6.07) is -0.315. The Bertz CT molecular complexity index is 800. The number of carbonyl (C=O) groups excluding carboxylic acids is 2. The van der Waals surface area contributed by atoms with E-state index in [0.717, 1.165) is 6.08 Å². The molecular weight excluding hydrogens is 358 g/mol. The highest BCUT2D eigenvalue weighted by Gasteiger charge is 2.31. The van der Waals surface area contributed by atoms with Crippen LogP contribution in [0.15, 0.2) is 6.08 Å². The fourth-order valence-corrected chi connectivity index (χ4v) is 4.42. The molecular formula is C14H18ClN3O5S. The summed E-state index contributed by atoms with van der Waals surface area (Å²) in [6.07, 6.45) is 1.95. The standard InChI is InChI=1S/C14H18ClN3O5S/c1-8-11(3-4-12(19)23-9(2)14(16)20)13(15)18(17-8)10-5-6-24(21,22)7-10/h3-4,9-10H,5-7H2,1-2H3,(H2,16,20)/b4-3+/t9-,10+/m0/s1. The van der Waals surface area contributed by atoms with Gasteiger partial charge in [0, 0.05) is 11.6 Å². The molecule has 0 aromatic carbocycles. The lowest BCUT2D eigenvalue weighted by molar-refractivity contribution is -0.148. The van der Waals surface area contributed by atoms with E-state index in [1.165, 1.54) is 17.7 Å². The van der Waals surface area contributed by atoms with Crippen LogP contribution >= 0.6 is 11.6 Å². The van der Waals surface area contributed by atoms with Crippen molar-refractivity contribution in [2.75, 3.05) is 11.5 Å². The molecule has 0 spiro atoms. The summed E-state index contributed by atoms with van der Waals surface area (Å²) in [5.41, 5.74) is 6.05. The number of carbonyl (C=O) groups is 2. The van der Waals surface area contributed by atoms with Gasteiger partial charge in [-0.1, -0.05) is 11.6 Å². The number of primary amides is 1. The van der Waals surface area contributed by atoms with Gasteiger partial charge in [0.2, 0.25) is 0 Å². The number of aromatic nitrogens is 2. The molecule has 1 amide bonds. The molecule has 0 radical (unpaired) electrons. The molecule has 1 aromatic heterocycles. The zero-order valence-corrected chi connectivity index (χ0v) is 14.8. The van der Waals surface area contributed by atoms with Gasteiger partial charge in [0.05, 0.1) is 23.2 Å². The summed E-state index contributed by atoms with van der Waals surface area (Å²) in [7, 11) is -3.07. The number of nitrogens with two attached hydrogens (primary N) is 1. The minimum Gasteiger partial charge on any atom is -0.449 e. The summed E-state index contributed by atoms with van der Waals surface area (Å²) in [6.45, 7) is 3.06. The molecule has 0 unspecified atom stereocenters. The quantitative estimate of drug-likeness (QED) is 0.595. The third kappa shape index (κ3) is 4.15. The summed E-state index contributed by atoms with van der Waals surface area (Å²) in [5, 5.41) is 4.52. The Hall–Kier alpha value is -1.87. The molecule has 1 aliphatic heterocycles. The number of rotatable bonds is 5. The SMILES string of the molecule is Cc1nn([C@@H]2CCS(=O)(=O)C2)c(Cl)c1/C=C/C(=O)O[C@@H](C)C(N)=O. The molecule has 8 nitrogen and oxygen atoms in total. The number of hydrogen-bond donors (Lipinski definition) is 1. The molecule has 2 heterocycles. The first-order valence-corrected chi connectivity index (χ1v) is 9.43. The largest absolute Gasteiger partial charge is 0.449 e. The Morgan fingerprint density at radius 1 is 1.50 bits per heavy atom. The molecule has 1 aliphatic rings. The number of amides is 1. The zero-order valence-electron chi connectivity index (χ0n) is 13.2. The van der Waals surface area contributed by atoms with Crippen LogP contribution in [-0.4, -0.2) is 47.7 Å². The van der Waals surface area contributed by atoms with Gasteiger partial charge in [-0.15, -0.1) is 0 Å². The van der Waals surface area contributed by atoms with Gasteiger partial charge >= 0.3 is 5.97 Å². The fraction of sp³-hybridized carbons (Fsp3) is 0.500. The lowest BCUT2D eigenvalue weighted by atomic mass is 10.2. The second-order valence-corrected chi connectivity index (χ2v) is 8.19. The first-order valence-electron chi connectivity index (χ1n) is 7.24. The van der Waals surface area contributed by atoms with Crippen molar-refractivity contribution in [1.82, 2.24) is 9.78 Å². The van der Waals surface area contributed by atoms with E-state index in [0.29, 0.717) is 17.7 Å². The maximum atomic E-state index is 11.6. The van der Waals surface area contributed by atoms with Gasteiger partial charge < -0.3 is 10.5 Å². The Morgan fingerprint density at radius 3 is 2.71 bits per heavy atom. The van der Waals surface area contributed by atoms with E-state index in [9.17, 15) is 18.0 Å². The molecule has 0 aliphatic carbocycles. The third-order valence-corrected chi connectivity index (χ3v) is 5.83. The average Bonchev–Trinajstić information content (AvgIpc) is 2.96. The monoisotopic (exact) mass is 375 g/mol. The normalized spacial score (nSPS) is 21.0. The molecule has 2 N–H and O–H groups in total. The van der Waals surface area contributed by atoms with Crippen molar-refractivity contribution in [3.8, 4) is 0 Å². The Labute approximate surface area is 144 Å². The second kappa shape index (κ2) is 6.94. The highest BCUT2D eigenvalue weighted by Crippen LogP contribution is 2.30. The smallest absolute Gasteiger partial charge is 0.331 e. The van der Waals surface area contributed by atoms with Crippen LogP contribution in [-0.2, 0) is 24.2 Å². The van der Waals surface area contributed by atoms with Gasteiger partial charge in [0.15, 0.2) is 15.9 Å². The van der Waals surface area contributed by atoms with Crippen LogP contribution in [0.2, 0.25) is 5.15 Å². The van der Waals surface area contributed by atoms with E-state index in [1.54, 1.807) is 6.92 Å². The predicted octanol–water partition coefficient (Wildman–Crippen LogP) is 0.635. The average molecular weight is 376 g/mol. The fourth-order valence-electron chi connectivity index (χ4n) is 2.35. The highest BCUT2D eigenvalue weighted by molar-refractivity contribution is 7.91. The van der Waals surface area contributed by atoms with E-state index >= 15 is 0 Å². The van der Waals surface area contributed by atoms with Crippen molar-refractivity contribution in [2.45, 2.75) is 32.4 Å². The number of halogens is 1. The molecule has 0 saturated carbocycles. The van der Waals surface area contributed by atoms with Gasteiger partial charge in [-0.3, -0.25) is 4.79 Å². The number of nitrogens with zero attached hydrogens (tertiary/aromatic N) is 2. The molecule has 1 fully saturated rings. The van der Waals surface area contributed by atoms with Crippen molar-refractivity contribution >= 4 is 39.4 Å². The van der Waals surface area contributed by atoms with Crippen molar-refractivity contribution < 1.29 is 22.7 Å². The van der Waals surface area contributed by atoms with Crippen LogP contribution in [0, 0.1) is 6.92 Å². The first-order chi connectivity index (χ1) is 11.1. The summed E-state index contributed by atoms with van der Waals surface area (Å²) in [4.78, 5) is 22.5. The highest BCUT2D eigenvalue weighted by atomic mass is 35.5. The van der Waals surface area contributed by atoms with Crippen molar-refractivity contribution in [2.24, 2.45) is 5.73 Å². The molecule has 10 heteroatoms. The van der Waals surface area contributed by atoms with Gasteiger partial charge in [-0.05, 0) is 26.3 Å². The van der Waals surface area contributed by atoms with E-state index in [1.807, 2.05) is 0 Å². The predicted molar refractivity (Wildman–Crippen MR) is 88.1 cm³/mol. The van der Waals surface area contributed by atoms with E-state index in [4.69, 9.17) is 22.1 Å². The first kappa shape index (κ1) is 18.5. The zero-order chi connectivity index (χ0) is 18.1. The summed E-state index contributed by atoms with van der Waals surface area (Å²) < 4.78 is 29.5. The maximum Gasteiger partial charge on any atom is 0.331 e. The number of ether oxygens (including phenoxy) is 1. The van der Waals surface area contributed by atoms with Crippen LogP contribution in [0.25, 0.3) is 6.08 Å². The number of esters is 1. The molecule has 2 atom stereocenters. The van der Waals surface area contributed by atoms with Crippen LogP contribution in [0.1, 0.15) is 30.6 Å². The van der Waals surface area contributed by atoms with Gasteiger partial charge in [-0.2, -0.15) is 5.10 Å². The Morgan fingerprint density at radius 2 is 2.17 bits per heavy atom. The van der Waals surface area contributed by atoms with Gasteiger partial charge in [0.1, 0.15) is 5.15 Å². The van der Waals surface area contributed by atoms with Gasteiger partial charge in [-0.25, -0.2) is 17.9 Å². The van der Waals surface area contributed by atoms with Crippen LogP contribution in [0.5, 0.6) is 0 Å². The van der Waals surface area contributed by atoms with Crippen LogP contribution in [0.4, 0.5) is 0 Å². The minimum absolute atomic E-state index is 0.00480. The lowest BCUT2D eigenvalue weighted by Gasteiger charge is -2.09. The van der Waals surface area contributed by atoms with Crippen LogP contribution in [0.3, 0.4) is 0 Å². The molecule has 2 rings (SSSR count). The maximum absolute atomic E-state index is 11.6. The van der Waals surface area contributed by atoms with E-state index in [2.05, 4.69) is 5.10 Å². The van der Waals surface area contributed by atoms with E-state index < -0.39 is 27.8 Å². The van der Waals surface area contributed by atoms with Crippen molar-refractivity contribution in [3.63, 3.8) is 0 Å². The van der Waals surface area contributed by atoms with Crippen LogP contribution < -0.4 is 5.73 Å². The van der Waals surface area contributed by atoms with E-state index in [-0.39, 0.29) is 22.7 Å². The number of sulfone groups is 1. The molecule has 1 saturated heterocycles.